The van der Waals surface area contributed by atoms with Crippen LogP contribution in [-0.4, -0.2) is 27.7 Å². The van der Waals surface area contributed by atoms with Crippen molar-refractivity contribution in [2.75, 3.05) is 18.5 Å². The number of halogens is 1. The average molecular weight is 389 g/mol. The molecule has 0 spiro atoms. The number of rotatable bonds is 7. The molecule has 0 radical (unpaired) electrons. The third kappa shape index (κ3) is 4.06. The Labute approximate surface area is 150 Å². The molecule has 1 N–H and O–H groups in total. The SMILES string of the molecule is CCOc1ccc(CC(C)CNc2ccn3ncc(Br)c3n2)cc1. The van der Waals surface area contributed by atoms with Gasteiger partial charge in [-0.15, -0.1) is 0 Å². The van der Waals surface area contributed by atoms with E-state index >= 15 is 0 Å². The molecule has 1 atom stereocenters. The lowest BCUT2D eigenvalue weighted by atomic mass is 10.0. The van der Waals surface area contributed by atoms with Gasteiger partial charge < -0.3 is 10.1 Å². The molecular weight excluding hydrogens is 368 g/mol. The number of anilines is 1. The van der Waals surface area contributed by atoms with Crippen LogP contribution >= 0.6 is 15.9 Å². The van der Waals surface area contributed by atoms with Crippen LogP contribution in [0.2, 0.25) is 0 Å². The van der Waals surface area contributed by atoms with Gasteiger partial charge in [0.15, 0.2) is 5.65 Å². The van der Waals surface area contributed by atoms with E-state index in [-0.39, 0.29) is 0 Å². The maximum atomic E-state index is 5.48. The van der Waals surface area contributed by atoms with Crippen molar-refractivity contribution in [2.45, 2.75) is 20.3 Å². The molecule has 24 heavy (non-hydrogen) atoms. The molecule has 126 valence electrons. The molecule has 0 aliphatic heterocycles. The molecule has 0 bridgehead atoms. The van der Waals surface area contributed by atoms with Gasteiger partial charge in [-0.1, -0.05) is 19.1 Å². The van der Waals surface area contributed by atoms with Crippen molar-refractivity contribution in [3.05, 3.63) is 52.8 Å². The van der Waals surface area contributed by atoms with E-state index in [2.05, 4.69) is 50.4 Å². The molecule has 0 saturated heterocycles. The minimum absolute atomic E-state index is 0.495. The summed E-state index contributed by atoms with van der Waals surface area (Å²) in [5, 5.41) is 7.61. The Morgan fingerprint density at radius 2 is 2.04 bits per heavy atom. The van der Waals surface area contributed by atoms with Crippen LogP contribution < -0.4 is 10.1 Å². The van der Waals surface area contributed by atoms with Crippen LogP contribution in [0, 0.1) is 5.92 Å². The lowest BCUT2D eigenvalue weighted by Gasteiger charge is -2.14. The third-order valence-electron chi connectivity index (χ3n) is 3.78. The number of ether oxygens (including phenoxy) is 1. The van der Waals surface area contributed by atoms with Crippen molar-refractivity contribution >= 4 is 27.4 Å². The molecule has 5 nitrogen and oxygen atoms in total. The van der Waals surface area contributed by atoms with Gasteiger partial charge in [0.1, 0.15) is 11.6 Å². The van der Waals surface area contributed by atoms with Crippen molar-refractivity contribution in [1.29, 1.82) is 0 Å². The Kier molecular flexibility index (Phi) is 5.35. The molecule has 0 saturated carbocycles. The normalized spacial score (nSPS) is 12.3. The van der Waals surface area contributed by atoms with Crippen molar-refractivity contribution in [2.24, 2.45) is 5.92 Å². The van der Waals surface area contributed by atoms with Crippen LogP contribution in [0.15, 0.2) is 47.2 Å². The molecule has 0 aliphatic carbocycles. The summed E-state index contributed by atoms with van der Waals surface area (Å²) >= 11 is 3.46. The number of nitrogens with zero attached hydrogens (tertiary/aromatic N) is 3. The molecule has 0 aliphatic rings. The topological polar surface area (TPSA) is 51.5 Å². The Balaban J connectivity index is 1.56. The number of fused-ring (bicyclic) bond motifs is 1. The molecule has 0 fully saturated rings. The lowest BCUT2D eigenvalue weighted by Crippen LogP contribution is -2.14. The van der Waals surface area contributed by atoms with Gasteiger partial charge in [-0.2, -0.15) is 5.10 Å². The second-order valence-electron chi connectivity index (χ2n) is 5.84. The van der Waals surface area contributed by atoms with Crippen LogP contribution in [0.3, 0.4) is 0 Å². The molecule has 0 amide bonds. The zero-order valence-corrected chi connectivity index (χ0v) is 15.5. The quantitative estimate of drug-likeness (QED) is 0.659. The van der Waals surface area contributed by atoms with Gasteiger partial charge in [0.05, 0.1) is 17.3 Å². The Morgan fingerprint density at radius 1 is 1.25 bits per heavy atom. The standard InChI is InChI=1S/C18H21BrN4O/c1-3-24-15-6-4-14(5-7-15)10-13(2)11-20-17-8-9-23-18(22-17)16(19)12-21-23/h4-9,12-13H,3,10-11H2,1-2H3,(H,20,22). The highest BCUT2D eigenvalue weighted by molar-refractivity contribution is 9.10. The highest BCUT2D eigenvalue weighted by atomic mass is 79.9. The highest BCUT2D eigenvalue weighted by Crippen LogP contribution is 2.18. The van der Waals surface area contributed by atoms with Gasteiger partial charge in [0, 0.05) is 12.7 Å². The minimum atomic E-state index is 0.495. The van der Waals surface area contributed by atoms with Gasteiger partial charge in [0.2, 0.25) is 0 Å². The number of aromatic nitrogens is 3. The van der Waals surface area contributed by atoms with E-state index in [0.717, 1.165) is 34.7 Å². The smallest absolute Gasteiger partial charge is 0.171 e. The first-order valence-electron chi connectivity index (χ1n) is 8.11. The summed E-state index contributed by atoms with van der Waals surface area (Å²) in [4.78, 5) is 4.57. The Hall–Kier alpha value is -2.08. The average Bonchev–Trinajstić information content (AvgIpc) is 2.96. The third-order valence-corrected chi connectivity index (χ3v) is 4.34. The van der Waals surface area contributed by atoms with Gasteiger partial charge >= 0.3 is 0 Å². The number of benzene rings is 1. The van der Waals surface area contributed by atoms with E-state index in [4.69, 9.17) is 4.74 Å². The van der Waals surface area contributed by atoms with E-state index in [0.29, 0.717) is 12.5 Å². The Morgan fingerprint density at radius 3 is 2.79 bits per heavy atom. The summed E-state index contributed by atoms with van der Waals surface area (Å²) in [6.45, 7) is 5.79. The van der Waals surface area contributed by atoms with Crippen LogP contribution in [0.5, 0.6) is 5.75 Å². The van der Waals surface area contributed by atoms with Crippen LogP contribution in [0.4, 0.5) is 5.82 Å². The van der Waals surface area contributed by atoms with Gasteiger partial charge in [0.25, 0.3) is 0 Å². The molecule has 2 aromatic heterocycles. The molecular formula is C18H21BrN4O. The lowest BCUT2D eigenvalue weighted by molar-refractivity contribution is 0.340. The second kappa shape index (κ2) is 7.66. The summed E-state index contributed by atoms with van der Waals surface area (Å²) < 4.78 is 8.12. The molecule has 1 aromatic carbocycles. The predicted molar refractivity (Wildman–Crippen MR) is 99.7 cm³/mol. The van der Waals surface area contributed by atoms with Gasteiger partial charge in [-0.25, -0.2) is 9.50 Å². The van der Waals surface area contributed by atoms with E-state index in [1.807, 2.05) is 31.3 Å². The van der Waals surface area contributed by atoms with Crippen LogP contribution in [-0.2, 0) is 6.42 Å². The van der Waals surface area contributed by atoms with E-state index in [9.17, 15) is 0 Å². The summed E-state index contributed by atoms with van der Waals surface area (Å²) in [7, 11) is 0. The predicted octanol–water partition coefficient (Wildman–Crippen LogP) is 4.18. The van der Waals surface area contributed by atoms with Crippen molar-refractivity contribution in [1.82, 2.24) is 14.6 Å². The fourth-order valence-corrected chi connectivity index (χ4v) is 2.94. The maximum absolute atomic E-state index is 5.48. The van der Waals surface area contributed by atoms with Crippen molar-refractivity contribution < 1.29 is 4.74 Å². The van der Waals surface area contributed by atoms with Crippen molar-refractivity contribution in [3.63, 3.8) is 0 Å². The molecule has 6 heteroatoms. The van der Waals surface area contributed by atoms with E-state index in [1.54, 1.807) is 10.7 Å². The fraction of sp³-hybridized carbons (Fsp3) is 0.333. The first-order chi connectivity index (χ1) is 11.7. The monoisotopic (exact) mass is 388 g/mol. The number of hydrogen-bond donors (Lipinski definition) is 1. The summed E-state index contributed by atoms with van der Waals surface area (Å²) in [6, 6.07) is 10.3. The summed E-state index contributed by atoms with van der Waals surface area (Å²) in [6.07, 6.45) is 4.67. The minimum Gasteiger partial charge on any atom is -0.494 e. The van der Waals surface area contributed by atoms with Crippen molar-refractivity contribution in [3.8, 4) is 5.75 Å². The Bertz CT molecular complexity index is 800. The van der Waals surface area contributed by atoms with Gasteiger partial charge in [-0.3, -0.25) is 0 Å². The second-order valence-corrected chi connectivity index (χ2v) is 6.69. The maximum Gasteiger partial charge on any atom is 0.171 e. The first-order valence-corrected chi connectivity index (χ1v) is 8.90. The van der Waals surface area contributed by atoms with E-state index < -0.39 is 0 Å². The summed E-state index contributed by atoms with van der Waals surface area (Å²) in [5.74, 6) is 2.28. The fourth-order valence-electron chi connectivity index (χ4n) is 2.58. The zero-order chi connectivity index (χ0) is 16.9. The number of nitrogens with one attached hydrogen (secondary N) is 1. The molecule has 2 heterocycles. The van der Waals surface area contributed by atoms with E-state index in [1.165, 1.54) is 5.56 Å². The largest absolute Gasteiger partial charge is 0.494 e. The summed E-state index contributed by atoms with van der Waals surface area (Å²) in [5.41, 5.74) is 2.13. The first kappa shape index (κ1) is 16.8. The van der Waals surface area contributed by atoms with Gasteiger partial charge in [-0.05, 0) is 59.0 Å². The van der Waals surface area contributed by atoms with Crippen LogP contribution in [0.1, 0.15) is 19.4 Å². The zero-order valence-electron chi connectivity index (χ0n) is 13.9. The highest BCUT2D eigenvalue weighted by Gasteiger charge is 2.07. The number of hydrogen-bond acceptors (Lipinski definition) is 4. The molecule has 3 aromatic rings. The molecule has 3 rings (SSSR count). The molecule has 1 unspecified atom stereocenters. The van der Waals surface area contributed by atoms with Crippen LogP contribution in [0.25, 0.3) is 5.65 Å².